The number of rotatable bonds is 25. The van der Waals surface area contributed by atoms with Crippen molar-refractivity contribution in [1.82, 2.24) is 30.9 Å². The van der Waals surface area contributed by atoms with Crippen LogP contribution in [0.25, 0.3) is 0 Å². The molecule has 0 saturated carbocycles. The minimum absolute atomic E-state index is 0.0196. The molecule has 18 nitrogen and oxygen atoms in total. The van der Waals surface area contributed by atoms with E-state index in [4.69, 9.17) is 28.4 Å². The maximum atomic E-state index is 13.2. The number of unbranched alkanes of at least 4 members (excludes halogenated alkanes) is 1. The molecule has 1 aromatic heterocycles. The van der Waals surface area contributed by atoms with Gasteiger partial charge in [0.1, 0.15) is 23.5 Å². The highest BCUT2D eigenvalue weighted by Crippen LogP contribution is 2.33. The Balaban J connectivity index is 1.02. The number of aromatic nitrogens is 3. The third-order valence-electron chi connectivity index (χ3n) is 9.03. The van der Waals surface area contributed by atoms with Crippen LogP contribution in [0.5, 0.6) is 0 Å². The van der Waals surface area contributed by atoms with Crippen LogP contribution >= 0.6 is 11.8 Å². The van der Waals surface area contributed by atoms with E-state index in [-0.39, 0.29) is 67.1 Å². The monoisotopic (exact) mass is 885 g/mol. The number of fused-ring (bicyclic) bond motifs is 1. The van der Waals surface area contributed by atoms with Crippen molar-refractivity contribution in [3.8, 4) is 11.8 Å². The number of anilines is 1. The van der Waals surface area contributed by atoms with E-state index in [2.05, 4.69) is 43.4 Å². The number of carbonyl (C=O) groups excluding carboxylic acids is 5. The summed E-state index contributed by atoms with van der Waals surface area (Å²) in [6.45, 7) is 14.2. The first-order valence-electron chi connectivity index (χ1n) is 21.1. The second-order valence-electron chi connectivity index (χ2n) is 16.7. The van der Waals surface area contributed by atoms with Crippen molar-refractivity contribution in [2.45, 2.75) is 122 Å². The highest BCUT2D eigenvalue weighted by atomic mass is 32.2. The Labute approximate surface area is 368 Å². The fraction of sp³-hybridized carbons (Fsp3) is 0.651. The van der Waals surface area contributed by atoms with Gasteiger partial charge in [0.15, 0.2) is 5.78 Å². The number of nitrogens with one attached hydrogen (secondary N) is 4. The molecule has 342 valence electrons. The van der Waals surface area contributed by atoms with Gasteiger partial charge in [-0.25, -0.2) is 14.3 Å². The van der Waals surface area contributed by atoms with Gasteiger partial charge in [-0.1, -0.05) is 23.5 Å². The van der Waals surface area contributed by atoms with E-state index in [9.17, 15) is 24.0 Å². The maximum Gasteiger partial charge on any atom is 0.412 e. The van der Waals surface area contributed by atoms with Crippen molar-refractivity contribution in [3.63, 3.8) is 0 Å². The van der Waals surface area contributed by atoms with Gasteiger partial charge in [0.25, 0.3) is 0 Å². The summed E-state index contributed by atoms with van der Waals surface area (Å²) in [4.78, 5) is 61.6. The minimum Gasteiger partial charge on any atom is -0.460 e. The molecule has 2 saturated heterocycles. The summed E-state index contributed by atoms with van der Waals surface area (Å²) in [5, 5.41) is 20.1. The van der Waals surface area contributed by atoms with Crippen molar-refractivity contribution in [2.24, 2.45) is 0 Å². The molecule has 4 rings (SSSR count). The summed E-state index contributed by atoms with van der Waals surface area (Å²) >= 11 is 1.89. The van der Waals surface area contributed by atoms with Gasteiger partial charge in [-0.2, -0.15) is 11.8 Å². The third kappa shape index (κ3) is 19.5. The molecule has 0 radical (unpaired) electrons. The zero-order valence-corrected chi connectivity index (χ0v) is 37.6. The van der Waals surface area contributed by atoms with Crippen LogP contribution < -0.4 is 21.3 Å². The highest BCUT2D eigenvalue weighted by molar-refractivity contribution is 8.00. The average molecular weight is 886 g/mol. The third-order valence-corrected chi connectivity index (χ3v) is 10.5. The Kier molecular flexibility index (Phi) is 20.4. The van der Waals surface area contributed by atoms with Crippen molar-refractivity contribution in [3.05, 3.63) is 41.2 Å². The van der Waals surface area contributed by atoms with Gasteiger partial charge in [0.2, 0.25) is 5.91 Å². The van der Waals surface area contributed by atoms with Crippen LogP contribution in [-0.4, -0.2) is 132 Å². The van der Waals surface area contributed by atoms with E-state index in [0.717, 1.165) is 25.0 Å². The molecule has 2 aromatic rings. The summed E-state index contributed by atoms with van der Waals surface area (Å²) < 4.78 is 34.7. The molecule has 3 atom stereocenters. The molecule has 4 amide bonds. The topological polar surface area (TPSA) is 220 Å². The number of esters is 1. The van der Waals surface area contributed by atoms with Gasteiger partial charge in [-0.05, 0) is 72.6 Å². The van der Waals surface area contributed by atoms with Crippen LogP contribution in [0.15, 0.2) is 24.4 Å². The van der Waals surface area contributed by atoms with Gasteiger partial charge < -0.3 is 44.4 Å². The highest BCUT2D eigenvalue weighted by Gasteiger charge is 2.42. The fourth-order valence-electron chi connectivity index (χ4n) is 6.30. The Morgan fingerprint density at radius 2 is 1.61 bits per heavy atom. The Morgan fingerprint density at radius 1 is 0.887 bits per heavy atom. The Bertz CT molecular complexity index is 1850. The molecule has 2 aliphatic heterocycles. The summed E-state index contributed by atoms with van der Waals surface area (Å²) in [5.41, 5.74) is 0.157. The molecular formula is C43H63N7O11S. The van der Waals surface area contributed by atoms with E-state index in [0.29, 0.717) is 75.7 Å². The summed E-state index contributed by atoms with van der Waals surface area (Å²) in [6, 6.07) is 5.15. The molecule has 1 unspecified atom stereocenters. The lowest BCUT2D eigenvalue weighted by molar-refractivity contribution is -0.154. The predicted octanol–water partition coefficient (Wildman–Crippen LogP) is 4.39. The second-order valence-corrected chi connectivity index (χ2v) is 18.0. The van der Waals surface area contributed by atoms with E-state index >= 15 is 0 Å². The first kappa shape index (κ1) is 49.9. The lowest BCUT2D eigenvalue weighted by Gasteiger charge is -2.20. The summed E-state index contributed by atoms with van der Waals surface area (Å²) in [6.07, 6.45) is 4.06. The fourth-order valence-corrected chi connectivity index (χ4v) is 7.85. The van der Waals surface area contributed by atoms with Crippen molar-refractivity contribution in [1.29, 1.82) is 0 Å². The van der Waals surface area contributed by atoms with Crippen molar-refractivity contribution in [2.75, 3.05) is 63.9 Å². The minimum atomic E-state index is -0.739. The molecule has 1 aromatic carbocycles. The van der Waals surface area contributed by atoms with Crippen LogP contribution in [0.1, 0.15) is 102 Å². The van der Waals surface area contributed by atoms with Crippen LogP contribution in [0, 0.1) is 11.8 Å². The Hall–Kier alpha value is -4.74. The maximum absolute atomic E-state index is 13.2. The van der Waals surface area contributed by atoms with Crippen LogP contribution in [0.4, 0.5) is 15.3 Å². The number of ether oxygens (including phenoxy) is 6. The van der Waals surface area contributed by atoms with Crippen molar-refractivity contribution < 1.29 is 52.4 Å². The first-order valence-corrected chi connectivity index (χ1v) is 22.1. The van der Waals surface area contributed by atoms with Gasteiger partial charge in [0, 0.05) is 41.5 Å². The molecule has 2 aliphatic rings. The molecule has 0 bridgehead atoms. The van der Waals surface area contributed by atoms with Gasteiger partial charge in [-0.3, -0.25) is 19.7 Å². The summed E-state index contributed by atoms with van der Waals surface area (Å²) in [5.74, 6) is 6.00. The lowest BCUT2D eigenvalue weighted by Crippen LogP contribution is -2.36. The molecular weight excluding hydrogens is 823 g/mol. The quantitative estimate of drug-likeness (QED) is 0.0358. The van der Waals surface area contributed by atoms with E-state index in [1.165, 1.54) is 0 Å². The number of Topliss-reactive ketones (excluding diaryl/α,β-unsaturated/α-hetero) is 1. The number of hydrogen-bond acceptors (Lipinski definition) is 14. The number of carbonyl (C=O) groups is 5. The van der Waals surface area contributed by atoms with E-state index in [1.54, 1.807) is 70.6 Å². The van der Waals surface area contributed by atoms with Crippen LogP contribution in [0.2, 0.25) is 0 Å². The number of thioether (sulfide) groups is 1. The normalized spacial score (nSPS) is 17.0. The zero-order valence-electron chi connectivity index (χ0n) is 36.8. The second kappa shape index (κ2) is 25.4. The summed E-state index contributed by atoms with van der Waals surface area (Å²) in [7, 11) is 0. The van der Waals surface area contributed by atoms with Gasteiger partial charge in [-0.15, -0.1) is 5.10 Å². The number of amides is 4. The number of urea groups is 1. The number of benzene rings is 1. The SMILES string of the molecule is CC(C)(C)OC(=O)CCC(=O)c1cc(C#CCOCc2cn(CCOCCOCCOCCNC(=O)CCCC[C@@H]3SCC4NC(=O)N[C@@H]43)nn2)ccc1NC(=O)OC(C)(C)C. The average Bonchev–Trinajstić information content (AvgIpc) is 3.91. The number of ketones is 1. The lowest BCUT2D eigenvalue weighted by atomic mass is 10.0. The van der Waals surface area contributed by atoms with Gasteiger partial charge in [0.05, 0.1) is 83.2 Å². The van der Waals surface area contributed by atoms with Crippen LogP contribution in [-0.2, 0) is 51.2 Å². The molecule has 19 heteroatoms. The Morgan fingerprint density at radius 3 is 2.35 bits per heavy atom. The van der Waals surface area contributed by atoms with E-state index in [1.807, 2.05) is 11.8 Å². The molecule has 0 spiro atoms. The first-order chi connectivity index (χ1) is 29.5. The molecule has 4 N–H and O–H groups in total. The van der Waals surface area contributed by atoms with Crippen LogP contribution in [0.3, 0.4) is 0 Å². The zero-order chi connectivity index (χ0) is 45.0. The van der Waals surface area contributed by atoms with E-state index < -0.39 is 23.3 Å². The molecule has 3 heterocycles. The van der Waals surface area contributed by atoms with Gasteiger partial charge >= 0.3 is 18.1 Å². The molecule has 2 fully saturated rings. The van der Waals surface area contributed by atoms with Crippen molar-refractivity contribution >= 4 is 47.2 Å². The predicted molar refractivity (Wildman–Crippen MR) is 232 cm³/mol. The number of hydrogen-bond donors (Lipinski definition) is 4. The smallest absolute Gasteiger partial charge is 0.412 e. The molecule has 0 aliphatic carbocycles. The molecule has 62 heavy (non-hydrogen) atoms. The standard InChI is InChI=1S/C43H63N7O11S/c1-42(2,3)60-38(53)16-15-35(51)32-26-30(13-14-33(32)46-41(55)61-43(4,5)6)10-9-19-59-28-31-27-50(49-48-31)18-21-57-23-25-58-24-22-56-20-17-44-37(52)12-8-7-11-36-39-34(29-62-36)45-40(54)47-39/h13-14,26-27,34,36,39H,7-8,11-12,15-25,28-29H2,1-6H3,(H,44,52)(H,46,55)(H2,45,47,54)/t34?,36-,39-/m0/s1. The number of nitrogens with zero attached hydrogens (tertiary/aromatic N) is 3. The largest absolute Gasteiger partial charge is 0.460 e.